The zero-order valence-electron chi connectivity index (χ0n) is 9.69. The maximum Gasteiger partial charge on any atom is 0.305 e. The monoisotopic (exact) mass is 248 g/mol. The van der Waals surface area contributed by atoms with Crippen molar-refractivity contribution in [3.05, 3.63) is 29.6 Å². The van der Waals surface area contributed by atoms with Crippen molar-refractivity contribution in [1.29, 1.82) is 5.26 Å². The van der Waals surface area contributed by atoms with Gasteiger partial charge < -0.3 is 10.4 Å². The summed E-state index contributed by atoms with van der Waals surface area (Å²) in [7, 11) is 0. The fourth-order valence-electron chi connectivity index (χ4n) is 1.96. The number of rotatable bonds is 5. The van der Waals surface area contributed by atoms with Gasteiger partial charge in [0.1, 0.15) is 11.9 Å². The van der Waals surface area contributed by atoms with Crippen LogP contribution in [0.2, 0.25) is 0 Å². The fraction of sp³-hybridized carbons (Fsp3) is 0.385. The highest BCUT2D eigenvalue weighted by atomic mass is 19.1. The van der Waals surface area contributed by atoms with Crippen LogP contribution in [0.3, 0.4) is 0 Å². The molecule has 1 aliphatic carbocycles. The first-order valence-corrected chi connectivity index (χ1v) is 5.78. The molecule has 5 heteroatoms. The molecular weight excluding hydrogens is 235 g/mol. The van der Waals surface area contributed by atoms with Gasteiger partial charge in [-0.2, -0.15) is 5.26 Å². The van der Waals surface area contributed by atoms with Gasteiger partial charge in [-0.3, -0.25) is 4.79 Å². The number of benzene rings is 1. The van der Waals surface area contributed by atoms with E-state index in [1.54, 1.807) is 0 Å². The van der Waals surface area contributed by atoms with Gasteiger partial charge in [0.15, 0.2) is 0 Å². The molecule has 0 bridgehead atoms. The Morgan fingerprint density at radius 1 is 1.61 bits per heavy atom. The summed E-state index contributed by atoms with van der Waals surface area (Å²) in [5.74, 6) is -1.02. The fourth-order valence-corrected chi connectivity index (χ4v) is 1.96. The van der Waals surface area contributed by atoms with E-state index in [0.717, 1.165) is 18.9 Å². The second-order valence-corrected chi connectivity index (χ2v) is 4.49. The van der Waals surface area contributed by atoms with E-state index in [4.69, 9.17) is 10.4 Å². The van der Waals surface area contributed by atoms with Crippen molar-refractivity contribution in [2.45, 2.75) is 25.3 Å². The third kappa shape index (κ3) is 2.98. The number of carbonyl (C=O) groups is 1. The molecule has 0 aliphatic heterocycles. The molecular formula is C13H13FN2O2. The Morgan fingerprint density at radius 3 is 2.89 bits per heavy atom. The van der Waals surface area contributed by atoms with E-state index < -0.39 is 11.8 Å². The lowest BCUT2D eigenvalue weighted by Crippen LogP contribution is -2.25. The van der Waals surface area contributed by atoms with Gasteiger partial charge in [0.05, 0.1) is 17.7 Å². The van der Waals surface area contributed by atoms with Gasteiger partial charge in [0, 0.05) is 6.04 Å². The van der Waals surface area contributed by atoms with E-state index in [9.17, 15) is 9.18 Å². The van der Waals surface area contributed by atoms with Crippen LogP contribution in [0.4, 0.5) is 10.1 Å². The average molecular weight is 248 g/mol. The van der Waals surface area contributed by atoms with Crippen LogP contribution < -0.4 is 5.32 Å². The first kappa shape index (κ1) is 12.4. The zero-order chi connectivity index (χ0) is 13.1. The summed E-state index contributed by atoms with van der Waals surface area (Å²) in [4.78, 5) is 10.8. The van der Waals surface area contributed by atoms with Crippen LogP contribution in [0.25, 0.3) is 0 Å². The number of nitrogens with zero attached hydrogens (tertiary/aromatic N) is 1. The Hall–Kier alpha value is -2.09. The first-order valence-electron chi connectivity index (χ1n) is 5.78. The zero-order valence-corrected chi connectivity index (χ0v) is 9.69. The number of carboxylic acids is 1. The highest BCUT2D eigenvalue weighted by molar-refractivity contribution is 5.69. The highest BCUT2D eigenvalue weighted by Crippen LogP contribution is 2.36. The lowest BCUT2D eigenvalue weighted by atomic mass is 10.1. The minimum absolute atomic E-state index is 0.00686. The van der Waals surface area contributed by atoms with Gasteiger partial charge in [-0.05, 0) is 37.0 Å². The molecule has 1 atom stereocenters. The summed E-state index contributed by atoms with van der Waals surface area (Å²) in [5, 5.41) is 20.8. The molecule has 1 aliphatic rings. The maximum absolute atomic E-state index is 13.0. The molecule has 18 heavy (non-hydrogen) atoms. The molecule has 0 heterocycles. The van der Waals surface area contributed by atoms with Crippen LogP contribution >= 0.6 is 0 Å². The Morgan fingerprint density at radius 2 is 2.33 bits per heavy atom. The molecule has 1 saturated carbocycles. The molecule has 0 radical (unpaired) electrons. The molecule has 0 aromatic heterocycles. The molecule has 1 fully saturated rings. The predicted octanol–water partition coefficient (Wildman–Crippen LogP) is 2.36. The summed E-state index contributed by atoms with van der Waals surface area (Å²) in [5.41, 5.74) is 0.697. The minimum Gasteiger partial charge on any atom is -0.481 e. The minimum atomic E-state index is -0.875. The van der Waals surface area contributed by atoms with Crippen molar-refractivity contribution in [1.82, 2.24) is 0 Å². The van der Waals surface area contributed by atoms with Crippen molar-refractivity contribution in [3.63, 3.8) is 0 Å². The van der Waals surface area contributed by atoms with Gasteiger partial charge in [-0.25, -0.2) is 4.39 Å². The Bertz CT molecular complexity index is 506. The van der Waals surface area contributed by atoms with Crippen LogP contribution in [0.1, 0.15) is 24.8 Å². The third-order valence-electron chi connectivity index (χ3n) is 3.03. The molecule has 1 aromatic carbocycles. The summed E-state index contributed by atoms with van der Waals surface area (Å²) < 4.78 is 13.0. The number of aliphatic carboxylic acids is 1. The van der Waals surface area contributed by atoms with E-state index >= 15 is 0 Å². The second-order valence-electron chi connectivity index (χ2n) is 4.49. The van der Waals surface area contributed by atoms with Crippen LogP contribution in [0.5, 0.6) is 0 Å². The molecule has 94 valence electrons. The second kappa shape index (κ2) is 5.05. The van der Waals surface area contributed by atoms with Gasteiger partial charge in [-0.15, -0.1) is 0 Å². The number of carboxylic acid groups (broad SMARTS) is 1. The van der Waals surface area contributed by atoms with E-state index in [1.807, 2.05) is 6.07 Å². The smallest absolute Gasteiger partial charge is 0.305 e. The van der Waals surface area contributed by atoms with E-state index in [-0.39, 0.29) is 18.0 Å². The number of halogens is 1. The molecule has 4 nitrogen and oxygen atoms in total. The number of hydrogen-bond acceptors (Lipinski definition) is 3. The predicted molar refractivity (Wildman–Crippen MR) is 63.5 cm³/mol. The summed E-state index contributed by atoms with van der Waals surface area (Å²) >= 11 is 0. The number of nitrogens with one attached hydrogen (secondary N) is 1. The lowest BCUT2D eigenvalue weighted by Gasteiger charge is -2.18. The number of nitriles is 1. The first-order chi connectivity index (χ1) is 8.60. The number of anilines is 1. The van der Waals surface area contributed by atoms with Crippen molar-refractivity contribution >= 4 is 11.7 Å². The molecule has 0 amide bonds. The van der Waals surface area contributed by atoms with Crippen LogP contribution in [0, 0.1) is 23.1 Å². The normalized spacial score (nSPS) is 15.8. The van der Waals surface area contributed by atoms with Crippen molar-refractivity contribution in [2.75, 3.05) is 5.32 Å². The van der Waals surface area contributed by atoms with Crippen molar-refractivity contribution in [2.24, 2.45) is 5.92 Å². The van der Waals surface area contributed by atoms with Crippen molar-refractivity contribution in [3.8, 4) is 6.07 Å². The number of hydrogen-bond donors (Lipinski definition) is 2. The van der Waals surface area contributed by atoms with E-state index in [1.165, 1.54) is 12.1 Å². The van der Waals surface area contributed by atoms with Crippen LogP contribution in [-0.2, 0) is 4.79 Å². The molecule has 2 rings (SSSR count). The third-order valence-corrected chi connectivity index (χ3v) is 3.03. The van der Waals surface area contributed by atoms with Gasteiger partial charge in [0.2, 0.25) is 0 Å². The molecule has 1 unspecified atom stereocenters. The Balaban J connectivity index is 2.16. The standard InChI is InChI=1S/C13H13FN2O2/c14-10-3-4-11(9(5-10)7-15)16-12(6-13(17)18)8-1-2-8/h3-5,8,12,16H,1-2,6H2,(H,17,18). The Labute approximate surface area is 104 Å². The van der Waals surface area contributed by atoms with Gasteiger partial charge >= 0.3 is 5.97 Å². The summed E-state index contributed by atoms with van der Waals surface area (Å²) in [6.45, 7) is 0. The van der Waals surface area contributed by atoms with E-state index in [2.05, 4.69) is 5.32 Å². The van der Waals surface area contributed by atoms with Crippen LogP contribution in [0.15, 0.2) is 18.2 Å². The molecule has 1 aromatic rings. The quantitative estimate of drug-likeness (QED) is 0.839. The molecule has 0 spiro atoms. The average Bonchev–Trinajstić information content (AvgIpc) is 3.13. The van der Waals surface area contributed by atoms with Crippen molar-refractivity contribution < 1.29 is 14.3 Å². The topological polar surface area (TPSA) is 73.1 Å². The lowest BCUT2D eigenvalue weighted by molar-refractivity contribution is -0.137. The summed E-state index contributed by atoms with van der Waals surface area (Å²) in [6.07, 6.45) is 2.00. The van der Waals surface area contributed by atoms with Crippen LogP contribution in [-0.4, -0.2) is 17.1 Å². The van der Waals surface area contributed by atoms with Gasteiger partial charge in [0.25, 0.3) is 0 Å². The largest absolute Gasteiger partial charge is 0.481 e. The highest BCUT2D eigenvalue weighted by Gasteiger charge is 2.33. The molecule has 2 N–H and O–H groups in total. The van der Waals surface area contributed by atoms with Gasteiger partial charge in [-0.1, -0.05) is 0 Å². The maximum atomic E-state index is 13.0. The summed E-state index contributed by atoms with van der Waals surface area (Å²) in [6, 6.07) is 5.59. The Kier molecular flexibility index (Phi) is 3.47. The SMILES string of the molecule is N#Cc1cc(F)ccc1NC(CC(=O)O)C1CC1. The van der Waals surface area contributed by atoms with E-state index in [0.29, 0.717) is 11.6 Å². The molecule has 0 saturated heterocycles.